The minimum atomic E-state index is -0.691. The van der Waals surface area contributed by atoms with Crippen LogP contribution in [0.25, 0.3) is 0 Å². The molecule has 8 heteroatoms. The second-order valence-electron chi connectivity index (χ2n) is 8.12. The van der Waals surface area contributed by atoms with Crippen molar-refractivity contribution in [3.63, 3.8) is 0 Å². The summed E-state index contributed by atoms with van der Waals surface area (Å²) in [4.78, 5) is 50.0. The van der Waals surface area contributed by atoms with Crippen molar-refractivity contribution in [2.24, 2.45) is 29.6 Å². The quantitative estimate of drug-likeness (QED) is 0.497. The number of amides is 4. The van der Waals surface area contributed by atoms with Gasteiger partial charge in [0, 0.05) is 11.5 Å². The molecule has 2 aliphatic heterocycles. The number of hydrogen-bond acceptors (Lipinski definition) is 6. The molecule has 1 aromatic rings. The molecule has 6 atom stereocenters. The number of phenols is 1. The highest BCUT2D eigenvalue weighted by Crippen LogP contribution is 2.58. The van der Waals surface area contributed by atoms with Crippen molar-refractivity contribution >= 4 is 23.6 Å². The lowest BCUT2D eigenvalue weighted by atomic mass is 9.57. The van der Waals surface area contributed by atoms with Crippen molar-refractivity contribution in [1.82, 2.24) is 10.6 Å². The van der Waals surface area contributed by atoms with E-state index in [0.29, 0.717) is 24.2 Å². The number of fused-ring (bicyclic) bond motifs is 4. The lowest BCUT2D eigenvalue weighted by Crippen LogP contribution is -2.43. The summed E-state index contributed by atoms with van der Waals surface area (Å²) >= 11 is 0. The molecule has 0 radical (unpaired) electrons. The average molecular weight is 396 g/mol. The molecule has 0 spiro atoms. The van der Waals surface area contributed by atoms with Crippen LogP contribution in [0.3, 0.4) is 0 Å². The number of ether oxygens (including phenoxy) is 1. The van der Waals surface area contributed by atoms with E-state index in [1.165, 1.54) is 13.2 Å². The van der Waals surface area contributed by atoms with Crippen LogP contribution in [0.15, 0.2) is 29.8 Å². The van der Waals surface area contributed by atoms with Crippen LogP contribution in [0.2, 0.25) is 0 Å². The summed E-state index contributed by atoms with van der Waals surface area (Å²) in [5.74, 6) is -4.29. The Labute approximate surface area is 166 Å². The van der Waals surface area contributed by atoms with Crippen molar-refractivity contribution in [1.29, 1.82) is 0 Å². The number of methoxy groups -OCH3 is 1. The summed E-state index contributed by atoms with van der Waals surface area (Å²) in [6.07, 6.45) is 2.61. The highest BCUT2D eigenvalue weighted by atomic mass is 16.5. The predicted octanol–water partition coefficient (Wildman–Crippen LogP) is 0.612. The van der Waals surface area contributed by atoms with Crippen molar-refractivity contribution in [2.45, 2.75) is 18.8 Å². The summed E-state index contributed by atoms with van der Waals surface area (Å²) in [7, 11) is 1.48. The third-order valence-corrected chi connectivity index (χ3v) is 6.91. The van der Waals surface area contributed by atoms with Gasteiger partial charge >= 0.3 is 0 Å². The molecule has 8 nitrogen and oxygen atoms in total. The lowest BCUT2D eigenvalue weighted by molar-refractivity contribution is -0.128. The average Bonchev–Trinajstić information content (AvgIpc) is 3.15. The number of carbonyl (C=O) groups is 4. The molecular weight excluding hydrogens is 376 g/mol. The van der Waals surface area contributed by atoms with Gasteiger partial charge in [0.25, 0.3) is 0 Å². The second-order valence-corrected chi connectivity index (χ2v) is 8.12. The molecule has 2 aliphatic carbocycles. The van der Waals surface area contributed by atoms with E-state index >= 15 is 0 Å². The van der Waals surface area contributed by atoms with Gasteiger partial charge in [-0.25, -0.2) is 0 Å². The first-order chi connectivity index (χ1) is 13.9. The van der Waals surface area contributed by atoms with Crippen LogP contribution < -0.4 is 15.4 Å². The molecule has 2 heterocycles. The molecular formula is C21H20N2O6. The van der Waals surface area contributed by atoms with Crippen LogP contribution in [0, 0.1) is 29.6 Å². The van der Waals surface area contributed by atoms with Gasteiger partial charge in [0.1, 0.15) is 11.5 Å². The first kappa shape index (κ1) is 17.9. The summed E-state index contributed by atoms with van der Waals surface area (Å²) in [5.41, 5.74) is 1.26. The third-order valence-electron chi connectivity index (χ3n) is 6.91. The maximum Gasteiger partial charge on any atom is 0.231 e. The summed E-state index contributed by atoms with van der Waals surface area (Å²) in [6, 6.07) is 4.85. The number of phenolic OH excluding ortho intramolecular Hbond substituents is 1. The highest BCUT2D eigenvalue weighted by molar-refractivity contribution is 6.07. The van der Waals surface area contributed by atoms with E-state index in [2.05, 4.69) is 10.6 Å². The van der Waals surface area contributed by atoms with E-state index < -0.39 is 29.6 Å². The van der Waals surface area contributed by atoms with Crippen LogP contribution in [0.1, 0.15) is 24.3 Å². The Morgan fingerprint density at radius 3 is 2.34 bits per heavy atom. The predicted molar refractivity (Wildman–Crippen MR) is 98.5 cm³/mol. The zero-order chi connectivity index (χ0) is 20.4. The maximum absolute atomic E-state index is 12.7. The molecule has 3 N–H and O–H groups in total. The Morgan fingerprint density at radius 1 is 0.931 bits per heavy atom. The van der Waals surface area contributed by atoms with Gasteiger partial charge in [0.05, 0.1) is 30.8 Å². The van der Waals surface area contributed by atoms with Crippen molar-refractivity contribution < 1.29 is 29.0 Å². The van der Waals surface area contributed by atoms with Gasteiger partial charge in [-0.15, -0.1) is 0 Å². The Kier molecular flexibility index (Phi) is 3.81. The smallest absolute Gasteiger partial charge is 0.231 e. The van der Waals surface area contributed by atoms with Crippen LogP contribution >= 0.6 is 0 Å². The highest BCUT2D eigenvalue weighted by Gasteiger charge is 2.59. The zero-order valence-electron chi connectivity index (χ0n) is 15.7. The maximum atomic E-state index is 12.7. The summed E-state index contributed by atoms with van der Waals surface area (Å²) in [6.45, 7) is 0. The Balaban J connectivity index is 1.71. The van der Waals surface area contributed by atoms with Gasteiger partial charge in [-0.05, 0) is 30.9 Å². The molecule has 1 aromatic carbocycles. The third kappa shape index (κ3) is 2.38. The molecule has 0 bridgehead atoms. The zero-order valence-corrected chi connectivity index (χ0v) is 15.7. The first-order valence-corrected chi connectivity index (χ1v) is 9.67. The fourth-order valence-electron chi connectivity index (χ4n) is 5.75. The number of hydrogen-bond donors (Lipinski definition) is 3. The van der Waals surface area contributed by atoms with Crippen LogP contribution in [-0.4, -0.2) is 35.8 Å². The number of nitrogens with one attached hydrogen (secondary N) is 2. The van der Waals surface area contributed by atoms with E-state index in [4.69, 9.17) is 4.74 Å². The topological polar surface area (TPSA) is 122 Å². The molecule has 4 aliphatic rings. The van der Waals surface area contributed by atoms with Crippen LogP contribution in [0.4, 0.5) is 0 Å². The van der Waals surface area contributed by atoms with Gasteiger partial charge in [-0.2, -0.15) is 0 Å². The van der Waals surface area contributed by atoms with Gasteiger partial charge < -0.3 is 9.84 Å². The molecule has 3 fully saturated rings. The Morgan fingerprint density at radius 2 is 1.62 bits per heavy atom. The monoisotopic (exact) mass is 396 g/mol. The normalized spacial score (nSPS) is 35.3. The van der Waals surface area contributed by atoms with E-state index in [1.54, 1.807) is 12.1 Å². The largest absolute Gasteiger partial charge is 0.508 e. The minimum absolute atomic E-state index is 0.0316. The number of imide groups is 2. The fourth-order valence-corrected chi connectivity index (χ4v) is 5.75. The van der Waals surface area contributed by atoms with E-state index in [1.807, 2.05) is 6.08 Å². The second kappa shape index (κ2) is 6.17. The van der Waals surface area contributed by atoms with Crippen molar-refractivity contribution in [3.05, 3.63) is 35.4 Å². The molecule has 0 aromatic heterocycles. The van der Waals surface area contributed by atoms with E-state index in [0.717, 1.165) is 5.57 Å². The molecule has 0 unspecified atom stereocenters. The van der Waals surface area contributed by atoms with E-state index in [-0.39, 0.29) is 35.3 Å². The van der Waals surface area contributed by atoms with Crippen LogP contribution in [0.5, 0.6) is 11.5 Å². The van der Waals surface area contributed by atoms with Crippen molar-refractivity contribution in [2.75, 3.05) is 7.11 Å². The van der Waals surface area contributed by atoms with Crippen molar-refractivity contribution in [3.8, 4) is 11.5 Å². The van der Waals surface area contributed by atoms with Gasteiger partial charge in [-0.3, -0.25) is 29.8 Å². The van der Waals surface area contributed by atoms with E-state index in [9.17, 15) is 24.3 Å². The Hall–Kier alpha value is -3.16. The van der Waals surface area contributed by atoms with Gasteiger partial charge in [0.2, 0.25) is 23.6 Å². The Bertz CT molecular complexity index is 999. The number of rotatable bonds is 2. The first-order valence-electron chi connectivity index (χ1n) is 9.67. The van der Waals surface area contributed by atoms with Crippen LogP contribution in [-0.2, 0) is 19.2 Å². The number of allylic oxidation sites excluding steroid dienone is 2. The number of aromatic hydroxyl groups is 1. The molecule has 2 saturated heterocycles. The van der Waals surface area contributed by atoms with Gasteiger partial charge in [-0.1, -0.05) is 17.7 Å². The van der Waals surface area contributed by atoms with Gasteiger partial charge in [0.15, 0.2) is 0 Å². The molecule has 4 amide bonds. The summed E-state index contributed by atoms with van der Waals surface area (Å²) < 4.78 is 5.46. The number of carbonyl (C=O) groups excluding carboxylic acids is 4. The molecule has 5 rings (SSSR count). The fraction of sp³-hybridized carbons (Fsp3) is 0.429. The number of benzene rings is 1. The minimum Gasteiger partial charge on any atom is -0.508 e. The molecule has 1 saturated carbocycles. The molecule has 29 heavy (non-hydrogen) atoms. The lowest BCUT2D eigenvalue weighted by Gasteiger charge is -2.44. The SMILES string of the molecule is COc1cccc(O)c1[C@H]1C2=CC[C@@H]3C(=O)NC(=O)[C@@H]3[C@@H]2C[C@H]2C(=O)NC(=O)[C@@H]12. The molecule has 150 valence electrons. The standard InChI is InChI=1S/C21H20N2O6/c1-29-13-4-2-3-12(24)17(13)15-8-5-6-9-14(20(27)22-18(9)25)10(8)7-11-16(15)21(28)23-19(11)26/h2-5,9-11,14-16,24H,6-7H2,1H3,(H,22,25,27)(H,23,26,28)/t9-,10+,11+,14-,15-,16+/m0/s1. The summed E-state index contributed by atoms with van der Waals surface area (Å²) in [5, 5.41) is 15.5.